The Morgan fingerprint density at radius 2 is 1.29 bits per heavy atom. The summed E-state index contributed by atoms with van der Waals surface area (Å²) < 4.78 is 49.0. The number of nitrogens with zero attached hydrogens (tertiary/aromatic N) is 3. The lowest BCUT2D eigenvalue weighted by molar-refractivity contribution is 0.0696. The number of aromatic carboxylic acids is 1. The van der Waals surface area contributed by atoms with Crippen LogP contribution < -0.4 is 0 Å². The Balaban J connectivity index is 0.000000311. The Morgan fingerprint density at radius 1 is 0.871 bits per heavy atom. The number of sulfonamides is 2. The van der Waals surface area contributed by atoms with E-state index in [0.29, 0.717) is 5.56 Å². The van der Waals surface area contributed by atoms with E-state index in [1.807, 2.05) is 6.07 Å². The van der Waals surface area contributed by atoms with Crippen molar-refractivity contribution < 1.29 is 26.7 Å². The maximum Gasteiger partial charge on any atom is 0.335 e. The molecule has 0 saturated carbocycles. The largest absolute Gasteiger partial charge is 0.478 e. The molecule has 9 nitrogen and oxygen atoms in total. The van der Waals surface area contributed by atoms with Gasteiger partial charge in [0.2, 0.25) is 20.0 Å². The van der Waals surface area contributed by atoms with Crippen molar-refractivity contribution in [2.75, 3.05) is 28.2 Å². The summed E-state index contributed by atoms with van der Waals surface area (Å²) in [5.74, 6) is -1.16. The van der Waals surface area contributed by atoms with Gasteiger partial charge in [-0.25, -0.2) is 30.2 Å². The molecule has 0 saturated heterocycles. The maximum atomic E-state index is 11.7. The molecule has 0 atom stereocenters. The van der Waals surface area contributed by atoms with Gasteiger partial charge in [0.1, 0.15) is 9.79 Å². The summed E-state index contributed by atoms with van der Waals surface area (Å²) in [7, 11) is -1.60. The van der Waals surface area contributed by atoms with Crippen molar-refractivity contribution in [3.63, 3.8) is 0 Å². The van der Waals surface area contributed by atoms with Gasteiger partial charge in [-0.05, 0) is 36.4 Å². The molecule has 0 aliphatic carbocycles. The molecule has 0 unspecified atom stereocenters. The van der Waals surface area contributed by atoms with E-state index >= 15 is 0 Å². The first-order valence-electron chi connectivity index (χ1n) is 8.23. The lowest BCUT2D eigenvalue weighted by atomic mass is 10.2. The predicted octanol–water partition coefficient (Wildman–Crippen LogP) is 2.75. The topological polar surface area (TPSA) is 136 Å². The lowest BCUT2D eigenvalue weighted by Crippen LogP contribution is -2.22. The summed E-state index contributed by atoms with van der Waals surface area (Å²) in [6.07, 6.45) is 0. The average Bonchev–Trinajstić information content (AvgIpc) is 2.67. The van der Waals surface area contributed by atoms with Crippen molar-refractivity contribution in [1.29, 1.82) is 5.26 Å². The summed E-state index contributed by atoms with van der Waals surface area (Å²) >= 11 is 11.5. The number of halogens is 2. The molecule has 168 valence electrons. The van der Waals surface area contributed by atoms with Crippen molar-refractivity contribution in [3.05, 3.63) is 57.6 Å². The molecular formula is C18H19Cl2N3O6S2. The highest BCUT2D eigenvalue weighted by molar-refractivity contribution is 7.89. The van der Waals surface area contributed by atoms with E-state index in [4.69, 9.17) is 33.6 Å². The minimum absolute atomic E-state index is 0.00756. The highest BCUT2D eigenvalue weighted by Crippen LogP contribution is 2.25. The Morgan fingerprint density at radius 3 is 1.61 bits per heavy atom. The second-order valence-corrected chi connectivity index (χ2v) is 11.3. The summed E-state index contributed by atoms with van der Waals surface area (Å²) in [5, 5.41) is 17.2. The third-order valence-electron chi connectivity index (χ3n) is 3.76. The van der Waals surface area contributed by atoms with Crippen LogP contribution in [-0.4, -0.2) is 64.7 Å². The maximum absolute atomic E-state index is 11.7. The third-order valence-corrected chi connectivity index (χ3v) is 8.35. The van der Waals surface area contributed by atoms with Gasteiger partial charge < -0.3 is 5.11 Å². The summed E-state index contributed by atoms with van der Waals surface area (Å²) in [6, 6.07) is 9.45. The lowest BCUT2D eigenvalue weighted by Gasteiger charge is -2.12. The molecule has 0 aromatic heterocycles. The standard InChI is InChI=1S/C9H9ClN2O2S.C9H10ClNO4S/c1-12(2)15(13,14)9-4-3-7(6-11)5-8(9)10;1-11(2)16(14,15)8-4-3-6(9(12)13)5-7(8)10/h3-5H,1-2H3;3-5H,1-2H3,(H,12,13). The SMILES string of the molecule is CN(C)S(=O)(=O)c1ccc(C#N)cc1Cl.CN(C)S(=O)(=O)c1ccc(C(=O)O)cc1Cl. The van der Waals surface area contributed by atoms with Gasteiger partial charge in [0.05, 0.1) is 27.2 Å². The van der Waals surface area contributed by atoms with Crippen molar-refractivity contribution in [3.8, 4) is 6.07 Å². The van der Waals surface area contributed by atoms with Gasteiger partial charge >= 0.3 is 5.97 Å². The van der Waals surface area contributed by atoms with Crippen molar-refractivity contribution in [2.45, 2.75) is 9.79 Å². The van der Waals surface area contributed by atoms with Gasteiger partial charge in [-0.1, -0.05) is 23.2 Å². The third kappa shape index (κ3) is 6.39. The number of carbonyl (C=O) groups is 1. The van der Waals surface area contributed by atoms with Gasteiger partial charge in [0.25, 0.3) is 0 Å². The zero-order valence-electron chi connectivity index (χ0n) is 16.9. The molecule has 0 spiro atoms. The molecule has 0 fully saturated rings. The average molecular weight is 508 g/mol. The number of rotatable bonds is 5. The predicted molar refractivity (Wildman–Crippen MR) is 116 cm³/mol. The normalized spacial score (nSPS) is 11.6. The van der Waals surface area contributed by atoms with Crippen LogP contribution in [0.5, 0.6) is 0 Å². The molecule has 0 heterocycles. The van der Waals surface area contributed by atoms with E-state index in [-0.39, 0.29) is 25.4 Å². The quantitative estimate of drug-likeness (QED) is 0.656. The fourth-order valence-corrected chi connectivity index (χ4v) is 4.84. The summed E-state index contributed by atoms with van der Waals surface area (Å²) in [4.78, 5) is 10.5. The van der Waals surface area contributed by atoms with Gasteiger partial charge in [-0.2, -0.15) is 5.26 Å². The molecule has 0 aliphatic heterocycles. The van der Waals surface area contributed by atoms with Crippen LogP contribution in [0.3, 0.4) is 0 Å². The number of carboxylic acids is 1. The molecule has 2 aromatic carbocycles. The van der Waals surface area contributed by atoms with Crippen LogP contribution in [0.25, 0.3) is 0 Å². The minimum atomic E-state index is -3.64. The molecule has 0 radical (unpaired) electrons. The first kappa shape index (κ1) is 26.8. The monoisotopic (exact) mass is 507 g/mol. The van der Waals surface area contributed by atoms with Crippen molar-refractivity contribution in [2.24, 2.45) is 0 Å². The number of hydrogen-bond donors (Lipinski definition) is 1. The minimum Gasteiger partial charge on any atom is -0.478 e. The van der Waals surface area contributed by atoms with Crippen LogP contribution in [0.15, 0.2) is 46.2 Å². The Labute approximate surface area is 191 Å². The Bertz CT molecular complexity index is 1240. The first-order valence-corrected chi connectivity index (χ1v) is 11.9. The van der Waals surface area contributed by atoms with Gasteiger partial charge in [0, 0.05) is 28.2 Å². The molecule has 0 aliphatic rings. The van der Waals surface area contributed by atoms with Crippen LogP contribution in [0.2, 0.25) is 10.0 Å². The second-order valence-electron chi connectivity index (χ2n) is 6.28. The van der Waals surface area contributed by atoms with E-state index in [2.05, 4.69) is 0 Å². The zero-order chi connectivity index (χ0) is 24.1. The van der Waals surface area contributed by atoms with Gasteiger partial charge in [-0.3, -0.25) is 0 Å². The van der Waals surface area contributed by atoms with Crippen LogP contribution in [0.4, 0.5) is 0 Å². The summed E-state index contributed by atoms with van der Waals surface area (Å²) in [5.41, 5.74) is 0.278. The smallest absolute Gasteiger partial charge is 0.335 e. The van der Waals surface area contributed by atoms with Crippen LogP contribution in [-0.2, 0) is 20.0 Å². The molecule has 2 rings (SSSR count). The van der Waals surface area contributed by atoms with Gasteiger partial charge in [0.15, 0.2) is 0 Å². The Kier molecular flexibility index (Phi) is 9.01. The number of hydrogen-bond acceptors (Lipinski definition) is 6. The fourth-order valence-electron chi connectivity index (χ4n) is 2.02. The Hall–Kier alpha value is -2.20. The molecule has 13 heteroatoms. The molecule has 0 amide bonds. The van der Waals surface area contributed by atoms with Gasteiger partial charge in [-0.15, -0.1) is 0 Å². The molecular weight excluding hydrogens is 489 g/mol. The highest BCUT2D eigenvalue weighted by Gasteiger charge is 2.22. The van der Waals surface area contributed by atoms with E-state index in [1.165, 1.54) is 58.5 Å². The number of nitriles is 1. The van der Waals surface area contributed by atoms with Crippen LogP contribution >= 0.6 is 23.2 Å². The van der Waals surface area contributed by atoms with E-state index in [9.17, 15) is 21.6 Å². The fraction of sp³-hybridized carbons (Fsp3) is 0.222. The van der Waals surface area contributed by atoms with E-state index in [1.54, 1.807) is 0 Å². The van der Waals surface area contributed by atoms with Crippen molar-refractivity contribution >= 4 is 49.2 Å². The summed E-state index contributed by atoms with van der Waals surface area (Å²) in [6.45, 7) is 0. The van der Waals surface area contributed by atoms with Crippen LogP contribution in [0, 0.1) is 11.3 Å². The number of benzene rings is 2. The second kappa shape index (κ2) is 10.4. The molecule has 0 bridgehead atoms. The number of carboxylic acid groups (broad SMARTS) is 1. The van der Waals surface area contributed by atoms with E-state index < -0.39 is 26.0 Å². The molecule has 31 heavy (non-hydrogen) atoms. The highest BCUT2D eigenvalue weighted by atomic mass is 35.5. The zero-order valence-corrected chi connectivity index (χ0v) is 20.0. The van der Waals surface area contributed by atoms with E-state index in [0.717, 1.165) is 14.7 Å². The molecule has 1 N–H and O–H groups in total. The molecule has 2 aromatic rings. The first-order chi connectivity index (χ1) is 14.2. The van der Waals surface area contributed by atoms with Crippen molar-refractivity contribution in [1.82, 2.24) is 8.61 Å². The van der Waals surface area contributed by atoms with Crippen LogP contribution in [0.1, 0.15) is 15.9 Å².